The Morgan fingerprint density at radius 2 is 1.81 bits per heavy atom. The van der Waals surface area contributed by atoms with Crippen molar-refractivity contribution < 1.29 is 24.3 Å². The third kappa shape index (κ3) is 5.23. The van der Waals surface area contributed by atoms with Crippen LogP contribution >= 0.6 is 0 Å². The van der Waals surface area contributed by atoms with Crippen molar-refractivity contribution in [3.63, 3.8) is 0 Å². The molecule has 0 bridgehead atoms. The van der Waals surface area contributed by atoms with Crippen molar-refractivity contribution in [2.45, 2.75) is 31.8 Å². The Kier molecular flexibility index (Phi) is 5.09. The van der Waals surface area contributed by atoms with Gasteiger partial charge in [0.25, 0.3) is 0 Å². The molecule has 16 heavy (non-hydrogen) atoms. The van der Waals surface area contributed by atoms with Crippen LogP contribution < -0.4 is 5.11 Å². The summed E-state index contributed by atoms with van der Waals surface area (Å²) in [6.07, 6.45) is 0.135. The number of carbonyl (C=O) groups excluding carboxylic acids is 2. The van der Waals surface area contributed by atoms with E-state index >= 15 is 0 Å². The number of quaternary nitrogens is 1. The molecule has 0 radical (unpaired) electrons. The molecule has 0 amide bonds. The smallest absolute Gasteiger partial charge is 0.177 e. The van der Waals surface area contributed by atoms with Gasteiger partial charge in [0.1, 0.15) is 6.54 Å². The monoisotopic (exact) mass is 231 g/mol. The fourth-order valence-corrected chi connectivity index (χ4v) is 1.73. The van der Waals surface area contributed by atoms with E-state index in [0.717, 1.165) is 0 Å². The number of rotatable bonds is 7. The number of carboxylic acids is 1. The number of carboxylic acid groups (broad SMARTS) is 1. The molecule has 0 aliphatic heterocycles. The van der Waals surface area contributed by atoms with E-state index in [1.54, 1.807) is 21.1 Å². The van der Waals surface area contributed by atoms with E-state index in [4.69, 9.17) is 0 Å². The van der Waals surface area contributed by atoms with Crippen LogP contribution in [0.4, 0.5) is 0 Å². The predicted molar refractivity (Wildman–Crippen MR) is 57.4 cm³/mol. The third-order valence-corrected chi connectivity index (χ3v) is 2.17. The molecular formula is C11H21NO4. The summed E-state index contributed by atoms with van der Waals surface area (Å²) in [5, 5.41) is 20.7. The molecule has 0 aromatic carbocycles. The molecule has 0 spiro atoms. The van der Waals surface area contributed by atoms with Crippen LogP contribution in [0.2, 0.25) is 0 Å². The summed E-state index contributed by atoms with van der Waals surface area (Å²) in [7, 11) is 5.37. The number of Topliss-reactive ketones (excluding diaryl/α,β-unsaturated/α-hetero) is 1. The average molecular weight is 231 g/mol. The maximum Gasteiger partial charge on any atom is 0.177 e. The van der Waals surface area contributed by atoms with Gasteiger partial charge in [0.2, 0.25) is 0 Å². The first-order valence-corrected chi connectivity index (χ1v) is 5.37. The van der Waals surface area contributed by atoms with Crippen molar-refractivity contribution in [3.05, 3.63) is 0 Å². The highest BCUT2D eigenvalue weighted by Crippen LogP contribution is 2.18. The Bertz CT molecular complexity index is 270. The number of hydrogen-bond donors (Lipinski definition) is 1. The molecule has 0 saturated carbocycles. The molecule has 0 aliphatic rings. The van der Waals surface area contributed by atoms with Crippen molar-refractivity contribution in [2.75, 3.05) is 27.7 Å². The zero-order valence-corrected chi connectivity index (χ0v) is 10.4. The lowest BCUT2D eigenvalue weighted by Gasteiger charge is -2.34. The highest BCUT2D eigenvalue weighted by Gasteiger charge is 2.40. The van der Waals surface area contributed by atoms with Crippen molar-refractivity contribution in [2.24, 2.45) is 0 Å². The second-order valence-corrected chi connectivity index (χ2v) is 5.20. The molecule has 0 saturated heterocycles. The number of aliphatic carboxylic acids is 1. The molecular weight excluding hydrogens is 210 g/mol. The van der Waals surface area contributed by atoms with Gasteiger partial charge >= 0.3 is 0 Å². The SMILES string of the molecule is CCCC(=O)C(O)(CC(=O)[O-])C[N+](C)(C)C. The van der Waals surface area contributed by atoms with Crippen LogP contribution in [0.1, 0.15) is 26.2 Å². The van der Waals surface area contributed by atoms with E-state index in [9.17, 15) is 19.8 Å². The van der Waals surface area contributed by atoms with Crippen molar-refractivity contribution >= 4 is 11.8 Å². The van der Waals surface area contributed by atoms with Gasteiger partial charge < -0.3 is 19.5 Å². The summed E-state index contributed by atoms with van der Waals surface area (Å²) >= 11 is 0. The van der Waals surface area contributed by atoms with Gasteiger partial charge in [-0.25, -0.2) is 0 Å². The maximum absolute atomic E-state index is 11.7. The molecule has 1 unspecified atom stereocenters. The lowest BCUT2D eigenvalue weighted by atomic mass is 9.90. The summed E-state index contributed by atoms with van der Waals surface area (Å²) in [4.78, 5) is 22.3. The maximum atomic E-state index is 11.7. The Morgan fingerprint density at radius 1 is 1.31 bits per heavy atom. The van der Waals surface area contributed by atoms with Crippen LogP contribution in [-0.4, -0.2) is 54.6 Å². The van der Waals surface area contributed by atoms with Crippen LogP contribution in [0.5, 0.6) is 0 Å². The van der Waals surface area contributed by atoms with Gasteiger partial charge in [0.15, 0.2) is 11.4 Å². The van der Waals surface area contributed by atoms with Gasteiger partial charge in [-0.3, -0.25) is 4.79 Å². The Labute approximate surface area is 96.3 Å². The molecule has 1 atom stereocenters. The lowest BCUT2D eigenvalue weighted by molar-refractivity contribution is -0.875. The van der Waals surface area contributed by atoms with Crippen LogP contribution in [0.15, 0.2) is 0 Å². The van der Waals surface area contributed by atoms with E-state index in [1.165, 1.54) is 0 Å². The number of likely N-dealkylation sites (N-methyl/N-ethyl adjacent to an activating group) is 1. The zero-order chi connectivity index (χ0) is 13.0. The molecule has 5 heteroatoms. The van der Waals surface area contributed by atoms with Gasteiger partial charge in [-0.1, -0.05) is 6.92 Å². The van der Waals surface area contributed by atoms with Crippen molar-refractivity contribution in [1.82, 2.24) is 0 Å². The molecule has 94 valence electrons. The van der Waals surface area contributed by atoms with Crippen molar-refractivity contribution in [1.29, 1.82) is 0 Å². The summed E-state index contributed by atoms with van der Waals surface area (Å²) in [5.74, 6) is -1.83. The molecule has 0 fully saturated rings. The van der Waals surface area contributed by atoms with Gasteiger partial charge in [-0.15, -0.1) is 0 Å². The fourth-order valence-electron chi connectivity index (χ4n) is 1.73. The topological polar surface area (TPSA) is 77.4 Å². The predicted octanol–water partition coefficient (Wildman–Crippen LogP) is -1.07. The number of aliphatic hydroxyl groups is 1. The third-order valence-electron chi connectivity index (χ3n) is 2.17. The quantitative estimate of drug-likeness (QED) is 0.566. The summed E-state index contributed by atoms with van der Waals surface area (Å²) in [5.41, 5.74) is -1.81. The van der Waals surface area contributed by atoms with E-state index in [-0.39, 0.29) is 13.0 Å². The minimum absolute atomic E-state index is 0.0693. The fraction of sp³-hybridized carbons (Fsp3) is 0.818. The second kappa shape index (κ2) is 5.41. The summed E-state index contributed by atoms with van der Waals surface area (Å²) in [6, 6.07) is 0. The van der Waals surface area contributed by atoms with Crippen LogP contribution in [0.3, 0.4) is 0 Å². The van der Waals surface area contributed by atoms with Crippen molar-refractivity contribution in [3.8, 4) is 0 Å². The van der Waals surface area contributed by atoms with Gasteiger partial charge in [0, 0.05) is 18.8 Å². The first kappa shape index (κ1) is 15.1. The first-order valence-electron chi connectivity index (χ1n) is 5.37. The molecule has 5 nitrogen and oxygen atoms in total. The van der Waals surface area contributed by atoms with Gasteiger partial charge in [0.05, 0.1) is 21.1 Å². The van der Waals surface area contributed by atoms with Crippen LogP contribution in [0, 0.1) is 0 Å². The molecule has 0 aromatic heterocycles. The summed E-state index contributed by atoms with van der Waals surface area (Å²) < 4.78 is 0.319. The second-order valence-electron chi connectivity index (χ2n) is 5.20. The standard InChI is InChI=1S/C11H21NO4/c1-5-6-9(13)11(16,7-10(14)15)8-12(2,3)4/h16H,5-8H2,1-4H3. The minimum atomic E-state index is -1.81. The number of carbonyl (C=O) groups is 2. The number of nitrogens with zero attached hydrogens (tertiary/aromatic N) is 1. The molecule has 1 N–H and O–H groups in total. The van der Waals surface area contributed by atoms with Crippen LogP contribution in [-0.2, 0) is 9.59 Å². The van der Waals surface area contributed by atoms with Gasteiger partial charge in [-0.05, 0) is 6.42 Å². The zero-order valence-electron chi connectivity index (χ0n) is 10.4. The van der Waals surface area contributed by atoms with Gasteiger partial charge in [-0.2, -0.15) is 0 Å². The Balaban J connectivity index is 4.87. The van der Waals surface area contributed by atoms with E-state index in [0.29, 0.717) is 10.9 Å². The number of ketones is 1. The lowest BCUT2D eigenvalue weighted by Crippen LogP contribution is -2.56. The first-order chi connectivity index (χ1) is 7.10. The highest BCUT2D eigenvalue weighted by molar-refractivity contribution is 5.90. The van der Waals surface area contributed by atoms with E-state index < -0.39 is 23.8 Å². The molecule has 0 heterocycles. The summed E-state index contributed by atoms with van der Waals surface area (Å²) in [6.45, 7) is 1.88. The molecule has 0 aromatic rings. The molecule has 0 rings (SSSR count). The van der Waals surface area contributed by atoms with E-state index in [1.807, 2.05) is 6.92 Å². The average Bonchev–Trinajstić information content (AvgIpc) is 1.98. The Morgan fingerprint density at radius 3 is 2.12 bits per heavy atom. The normalized spacial score (nSPS) is 15.6. The number of hydrogen-bond acceptors (Lipinski definition) is 4. The Hall–Kier alpha value is -0.940. The largest absolute Gasteiger partial charge is 0.550 e. The van der Waals surface area contributed by atoms with E-state index in [2.05, 4.69) is 0 Å². The molecule has 0 aliphatic carbocycles. The minimum Gasteiger partial charge on any atom is -0.550 e. The highest BCUT2D eigenvalue weighted by atomic mass is 16.4. The van der Waals surface area contributed by atoms with Crippen LogP contribution in [0.25, 0.3) is 0 Å².